The van der Waals surface area contributed by atoms with Gasteiger partial charge in [0.05, 0.1) is 24.5 Å². The molecule has 0 heterocycles. The maximum atomic E-state index is 12.5. The Morgan fingerprint density at radius 1 is 0.939 bits per heavy atom. The molecule has 0 atom stereocenters. The molecule has 0 bridgehead atoms. The van der Waals surface area contributed by atoms with Crippen molar-refractivity contribution in [2.24, 2.45) is 5.10 Å². The van der Waals surface area contributed by atoms with E-state index in [1.807, 2.05) is 44.2 Å². The molecule has 1 N–H and O–H groups in total. The van der Waals surface area contributed by atoms with Gasteiger partial charge in [-0.25, -0.2) is 5.43 Å². The average Bonchev–Trinajstić information content (AvgIpc) is 2.81. The Hall–Kier alpha value is -3.03. The predicted molar refractivity (Wildman–Crippen MR) is 134 cm³/mol. The quantitative estimate of drug-likeness (QED) is 0.248. The van der Waals surface area contributed by atoms with Gasteiger partial charge in [-0.3, -0.25) is 4.79 Å². The molecule has 3 rings (SSSR count). The molecule has 0 saturated carbocycles. The van der Waals surface area contributed by atoms with Crippen LogP contribution in [0.2, 0.25) is 5.02 Å². The lowest BCUT2D eigenvalue weighted by atomic mass is 10.2. The van der Waals surface area contributed by atoms with Gasteiger partial charge in [-0.1, -0.05) is 39.7 Å². The van der Waals surface area contributed by atoms with Crippen molar-refractivity contribution in [1.29, 1.82) is 0 Å². The van der Waals surface area contributed by atoms with Crippen molar-refractivity contribution < 1.29 is 19.0 Å². The second kappa shape index (κ2) is 12.3. The van der Waals surface area contributed by atoms with E-state index in [1.165, 1.54) is 6.21 Å². The van der Waals surface area contributed by atoms with Gasteiger partial charge in [-0.15, -0.1) is 0 Å². The number of carbonyl (C=O) groups is 1. The summed E-state index contributed by atoms with van der Waals surface area (Å²) in [5.74, 6) is 1.31. The van der Waals surface area contributed by atoms with Crippen molar-refractivity contribution in [1.82, 2.24) is 5.43 Å². The van der Waals surface area contributed by atoms with Crippen LogP contribution in [0.5, 0.6) is 17.2 Å². The van der Waals surface area contributed by atoms with Gasteiger partial charge in [0.25, 0.3) is 5.91 Å². The molecule has 0 aromatic heterocycles. The number of nitrogens with zero attached hydrogens (tertiary/aromatic N) is 1. The number of benzene rings is 3. The van der Waals surface area contributed by atoms with Crippen LogP contribution >= 0.6 is 27.5 Å². The molecule has 8 heteroatoms. The lowest BCUT2D eigenvalue weighted by molar-refractivity contribution is 0.0954. The Bertz CT molecular complexity index is 1120. The third-order valence-corrected chi connectivity index (χ3v) is 5.27. The smallest absolute Gasteiger partial charge is 0.271 e. The highest BCUT2D eigenvalue weighted by molar-refractivity contribution is 9.10. The van der Waals surface area contributed by atoms with Crippen molar-refractivity contribution in [3.63, 3.8) is 0 Å². The van der Waals surface area contributed by atoms with Gasteiger partial charge in [0.2, 0.25) is 0 Å². The van der Waals surface area contributed by atoms with Crippen LogP contribution in [0.3, 0.4) is 0 Å². The van der Waals surface area contributed by atoms with Crippen LogP contribution in [0.25, 0.3) is 0 Å². The highest BCUT2D eigenvalue weighted by Gasteiger charge is 2.11. The highest BCUT2D eigenvalue weighted by Crippen LogP contribution is 2.29. The molecule has 0 saturated heterocycles. The average molecular weight is 532 g/mol. The summed E-state index contributed by atoms with van der Waals surface area (Å²) in [6.45, 7) is 5.13. The third-order valence-electron chi connectivity index (χ3n) is 4.45. The van der Waals surface area contributed by atoms with Crippen LogP contribution in [-0.2, 0) is 6.61 Å². The molecule has 6 nitrogen and oxygen atoms in total. The molecule has 0 unspecified atom stereocenters. The van der Waals surface area contributed by atoms with Gasteiger partial charge < -0.3 is 14.2 Å². The molecule has 0 aliphatic heterocycles. The monoisotopic (exact) mass is 530 g/mol. The minimum Gasteiger partial charge on any atom is -0.490 e. The van der Waals surface area contributed by atoms with Gasteiger partial charge >= 0.3 is 0 Å². The minimum atomic E-state index is -0.365. The number of nitrogens with one attached hydrogen (secondary N) is 1. The van der Waals surface area contributed by atoms with Gasteiger partial charge in [0.1, 0.15) is 12.4 Å². The Morgan fingerprint density at radius 3 is 2.33 bits per heavy atom. The fraction of sp³-hybridized carbons (Fsp3) is 0.200. The number of halogens is 2. The molecule has 3 aromatic rings. The van der Waals surface area contributed by atoms with E-state index >= 15 is 0 Å². The number of hydrogen-bond donors (Lipinski definition) is 1. The first kappa shape index (κ1) is 24.6. The van der Waals surface area contributed by atoms with Crippen molar-refractivity contribution in [3.05, 3.63) is 86.8 Å². The van der Waals surface area contributed by atoms with E-state index < -0.39 is 0 Å². The van der Waals surface area contributed by atoms with Crippen molar-refractivity contribution in [3.8, 4) is 17.2 Å². The molecule has 33 heavy (non-hydrogen) atoms. The molecule has 0 fully saturated rings. The normalized spacial score (nSPS) is 10.8. The lowest BCUT2D eigenvalue weighted by Crippen LogP contribution is -2.17. The second-order valence-corrected chi connectivity index (χ2v) is 8.15. The van der Waals surface area contributed by atoms with E-state index in [2.05, 4.69) is 26.5 Å². The van der Waals surface area contributed by atoms with E-state index in [4.69, 9.17) is 25.8 Å². The molecule has 0 spiro atoms. The van der Waals surface area contributed by atoms with Crippen LogP contribution in [0, 0.1) is 0 Å². The Labute approximate surface area is 206 Å². The predicted octanol–water partition coefficient (Wildman–Crippen LogP) is 6.24. The van der Waals surface area contributed by atoms with E-state index in [1.54, 1.807) is 30.3 Å². The first-order valence-electron chi connectivity index (χ1n) is 10.4. The van der Waals surface area contributed by atoms with Gasteiger partial charge in [0, 0.05) is 10.0 Å². The molecule has 0 aliphatic carbocycles. The second-order valence-electron chi connectivity index (χ2n) is 6.83. The zero-order chi connectivity index (χ0) is 23.6. The molecule has 172 valence electrons. The highest BCUT2D eigenvalue weighted by atomic mass is 79.9. The summed E-state index contributed by atoms with van der Waals surface area (Å²) in [5, 5.41) is 4.48. The first-order valence-corrected chi connectivity index (χ1v) is 11.6. The zero-order valence-electron chi connectivity index (χ0n) is 18.3. The fourth-order valence-electron chi connectivity index (χ4n) is 2.88. The third kappa shape index (κ3) is 7.23. The van der Waals surface area contributed by atoms with Crippen LogP contribution < -0.4 is 19.6 Å². The van der Waals surface area contributed by atoms with Crippen LogP contribution in [0.15, 0.2) is 70.2 Å². The summed E-state index contributed by atoms with van der Waals surface area (Å²) in [6.07, 6.45) is 1.51. The number of hydrogen-bond acceptors (Lipinski definition) is 5. The van der Waals surface area contributed by atoms with Crippen LogP contribution in [0.1, 0.15) is 35.3 Å². The Balaban J connectivity index is 1.59. The van der Waals surface area contributed by atoms with Gasteiger partial charge in [-0.05, 0) is 73.5 Å². The molecular weight excluding hydrogens is 508 g/mol. The summed E-state index contributed by atoms with van der Waals surface area (Å²) in [5.41, 5.74) is 4.67. The molecule has 1 amide bonds. The Kier molecular flexibility index (Phi) is 9.15. The molecule has 3 aromatic carbocycles. The standard InChI is InChI=1S/C25H24BrClN2O4/c1-3-31-23-12-8-19(14-24(23)32-4-2)25(30)29-28-15-18-7-11-22(21(27)13-18)33-16-17-5-9-20(26)10-6-17/h5-15H,3-4,16H2,1-2H3,(H,29,30)/b28-15+. The summed E-state index contributed by atoms with van der Waals surface area (Å²) >= 11 is 9.75. The van der Waals surface area contributed by atoms with Crippen LogP contribution in [0.4, 0.5) is 0 Å². The molecule has 0 aliphatic rings. The maximum absolute atomic E-state index is 12.5. The van der Waals surface area contributed by atoms with Crippen molar-refractivity contribution >= 4 is 39.7 Å². The molecular formula is C25H24BrClN2O4. The number of amides is 1. The van der Waals surface area contributed by atoms with E-state index in [-0.39, 0.29) is 5.91 Å². The SMILES string of the molecule is CCOc1ccc(C(=O)N/N=C/c2ccc(OCc3ccc(Br)cc3)c(Cl)c2)cc1OCC. The topological polar surface area (TPSA) is 69.2 Å². The van der Waals surface area contributed by atoms with E-state index in [9.17, 15) is 4.79 Å². The summed E-state index contributed by atoms with van der Waals surface area (Å²) in [6, 6.07) is 18.2. The summed E-state index contributed by atoms with van der Waals surface area (Å²) in [4.78, 5) is 12.5. The van der Waals surface area contributed by atoms with Crippen molar-refractivity contribution in [2.75, 3.05) is 13.2 Å². The van der Waals surface area contributed by atoms with Gasteiger partial charge in [0.15, 0.2) is 11.5 Å². The fourth-order valence-corrected chi connectivity index (χ4v) is 3.39. The maximum Gasteiger partial charge on any atom is 0.271 e. The van der Waals surface area contributed by atoms with Crippen LogP contribution in [-0.4, -0.2) is 25.3 Å². The van der Waals surface area contributed by atoms with Crippen molar-refractivity contribution in [2.45, 2.75) is 20.5 Å². The van der Waals surface area contributed by atoms with E-state index in [0.29, 0.717) is 47.7 Å². The number of ether oxygens (including phenoxy) is 3. The number of carbonyl (C=O) groups excluding carboxylic acids is 1. The lowest BCUT2D eigenvalue weighted by Gasteiger charge is -2.11. The largest absolute Gasteiger partial charge is 0.490 e. The first-order chi connectivity index (χ1) is 16.0. The summed E-state index contributed by atoms with van der Waals surface area (Å²) in [7, 11) is 0. The Morgan fingerprint density at radius 2 is 1.64 bits per heavy atom. The molecule has 0 radical (unpaired) electrons. The minimum absolute atomic E-state index is 0.365. The number of hydrazone groups is 1. The zero-order valence-corrected chi connectivity index (χ0v) is 20.7. The summed E-state index contributed by atoms with van der Waals surface area (Å²) < 4.78 is 17.9. The number of rotatable bonds is 10. The van der Waals surface area contributed by atoms with E-state index in [0.717, 1.165) is 15.6 Å². The van der Waals surface area contributed by atoms with Gasteiger partial charge in [-0.2, -0.15) is 5.10 Å².